The van der Waals surface area contributed by atoms with Crippen molar-refractivity contribution in [3.05, 3.63) is 0 Å². The molecule has 1 N–H and O–H groups in total. The van der Waals surface area contributed by atoms with Gasteiger partial charge in [0.25, 0.3) is 0 Å². The summed E-state index contributed by atoms with van der Waals surface area (Å²) in [5.74, 6) is 0. The molecule has 0 bridgehead atoms. The number of nitrogens with zero attached hydrogens (tertiary/aromatic N) is 1. The number of carbonyl (C=O) groups is 1. The van der Waals surface area contributed by atoms with E-state index in [0.29, 0.717) is 19.7 Å². The zero-order chi connectivity index (χ0) is 11.5. The van der Waals surface area contributed by atoms with Crippen molar-refractivity contribution in [1.29, 1.82) is 0 Å². The molecular weight excluding hydrogens is 196 g/mol. The van der Waals surface area contributed by atoms with E-state index in [4.69, 9.17) is 9.47 Å². The van der Waals surface area contributed by atoms with Crippen LogP contribution in [0.1, 0.15) is 20.8 Å². The lowest BCUT2D eigenvalue weighted by atomic mass is 10.2. The molecule has 0 aromatic carbocycles. The maximum atomic E-state index is 11.7. The van der Waals surface area contributed by atoms with E-state index < -0.39 is 5.60 Å². The molecule has 1 saturated heterocycles. The van der Waals surface area contributed by atoms with Gasteiger partial charge in [-0.15, -0.1) is 0 Å². The van der Waals surface area contributed by atoms with Crippen LogP contribution < -0.4 is 5.32 Å². The lowest BCUT2D eigenvalue weighted by molar-refractivity contribution is -0.0514. The molecule has 0 radical (unpaired) electrons. The molecule has 5 nitrogen and oxygen atoms in total. The van der Waals surface area contributed by atoms with Crippen LogP contribution in [0.2, 0.25) is 0 Å². The number of hydrogen-bond acceptors (Lipinski definition) is 4. The minimum atomic E-state index is -0.440. The Bertz CT molecular complexity index is 225. The predicted molar refractivity (Wildman–Crippen MR) is 56.6 cm³/mol. The number of nitrogens with one attached hydrogen (secondary N) is 1. The molecule has 1 rings (SSSR count). The number of amides is 1. The number of hydrogen-bond donors (Lipinski definition) is 1. The molecule has 0 saturated carbocycles. The van der Waals surface area contributed by atoms with E-state index in [9.17, 15) is 4.79 Å². The third-order valence-electron chi connectivity index (χ3n) is 2.04. The van der Waals surface area contributed by atoms with Gasteiger partial charge in [0.15, 0.2) is 0 Å². The van der Waals surface area contributed by atoms with E-state index in [1.807, 2.05) is 27.8 Å². The topological polar surface area (TPSA) is 50.8 Å². The highest BCUT2D eigenvalue weighted by molar-refractivity contribution is 5.68. The first-order valence-corrected chi connectivity index (χ1v) is 5.19. The summed E-state index contributed by atoms with van der Waals surface area (Å²) in [7, 11) is 1.81. The van der Waals surface area contributed by atoms with Gasteiger partial charge in [0, 0.05) is 6.54 Å². The summed E-state index contributed by atoms with van der Waals surface area (Å²) in [6, 6.07) is 0. The quantitative estimate of drug-likeness (QED) is 0.704. The number of rotatable bonds is 1. The summed E-state index contributed by atoms with van der Waals surface area (Å²) in [4.78, 5) is 13.4. The van der Waals surface area contributed by atoms with Crippen LogP contribution in [-0.4, -0.2) is 49.6 Å². The fourth-order valence-corrected chi connectivity index (χ4v) is 1.32. The molecule has 1 unspecified atom stereocenters. The van der Waals surface area contributed by atoms with Gasteiger partial charge in [-0.2, -0.15) is 0 Å². The molecule has 0 aliphatic carbocycles. The lowest BCUT2D eigenvalue weighted by Gasteiger charge is -2.33. The molecule has 88 valence electrons. The molecule has 1 atom stereocenters. The van der Waals surface area contributed by atoms with E-state index >= 15 is 0 Å². The van der Waals surface area contributed by atoms with E-state index in [1.165, 1.54) is 0 Å². The molecule has 15 heavy (non-hydrogen) atoms. The minimum Gasteiger partial charge on any atom is -0.444 e. The van der Waals surface area contributed by atoms with Crippen LogP contribution in [-0.2, 0) is 9.47 Å². The zero-order valence-electron chi connectivity index (χ0n) is 9.87. The average molecular weight is 216 g/mol. The van der Waals surface area contributed by atoms with Crippen molar-refractivity contribution < 1.29 is 14.3 Å². The fraction of sp³-hybridized carbons (Fsp3) is 0.900. The maximum absolute atomic E-state index is 11.7. The monoisotopic (exact) mass is 216 g/mol. The van der Waals surface area contributed by atoms with E-state index in [0.717, 1.165) is 0 Å². The number of morpholine rings is 1. The second-order valence-corrected chi connectivity index (χ2v) is 4.57. The fourth-order valence-electron chi connectivity index (χ4n) is 1.32. The maximum Gasteiger partial charge on any atom is 0.410 e. The lowest BCUT2D eigenvalue weighted by Crippen LogP contribution is -2.51. The Morgan fingerprint density at radius 3 is 2.73 bits per heavy atom. The Morgan fingerprint density at radius 1 is 1.53 bits per heavy atom. The summed E-state index contributed by atoms with van der Waals surface area (Å²) in [5.41, 5.74) is -0.440. The molecule has 0 aromatic heterocycles. The van der Waals surface area contributed by atoms with Crippen molar-refractivity contribution in [3.63, 3.8) is 0 Å². The first-order chi connectivity index (χ1) is 6.92. The Morgan fingerprint density at radius 2 is 2.20 bits per heavy atom. The summed E-state index contributed by atoms with van der Waals surface area (Å²) in [6.07, 6.45) is -0.364. The Kier molecular flexibility index (Phi) is 3.93. The largest absolute Gasteiger partial charge is 0.444 e. The van der Waals surface area contributed by atoms with E-state index in [1.54, 1.807) is 4.90 Å². The minimum absolute atomic E-state index is 0.0914. The highest BCUT2D eigenvalue weighted by atomic mass is 16.6. The molecule has 1 fully saturated rings. The van der Waals surface area contributed by atoms with Gasteiger partial charge in [-0.1, -0.05) is 0 Å². The van der Waals surface area contributed by atoms with Gasteiger partial charge in [-0.3, -0.25) is 5.32 Å². The molecule has 1 amide bonds. The second kappa shape index (κ2) is 4.81. The molecule has 0 spiro atoms. The zero-order valence-corrected chi connectivity index (χ0v) is 9.87. The van der Waals surface area contributed by atoms with Crippen LogP contribution in [0.4, 0.5) is 4.79 Å². The predicted octanol–water partition coefficient (Wildman–Crippen LogP) is 0.799. The number of likely N-dealkylation sites (N-methyl/N-ethyl adjacent to an activating group) is 1. The van der Waals surface area contributed by atoms with E-state index in [-0.39, 0.29) is 12.3 Å². The van der Waals surface area contributed by atoms with Gasteiger partial charge < -0.3 is 14.4 Å². The molecule has 5 heteroatoms. The molecule has 1 heterocycles. The van der Waals surface area contributed by atoms with Crippen molar-refractivity contribution in [3.8, 4) is 0 Å². The molecule has 0 aromatic rings. The third kappa shape index (κ3) is 4.05. The van der Waals surface area contributed by atoms with Crippen LogP contribution >= 0.6 is 0 Å². The smallest absolute Gasteiger partial charge is 0.410 e. The number of carbonyl (C=O) groups excluding carboxylic acids is 1. The van der Waals surface area contributed by atoms with Crippen LogP contribution in [0, 0.1) is 0 Å². The van der Waals surface area contributed by atoms with Gasteiger partial charge in [-0.25, -0.2) is 4.79 Å². The van der Waals surface area contributed by atoms with Crippen molar-refractivity contribution in [2.45, 2.75) is 32.6 Å². The molecular formula is C10H20N2O3. The highest BCUT2D eigenvalue weighted by Gasteiger charge is 2.27. The SMILES string of the molecule is CNC1CN(C(=O)OC(C)(C)C)CCO1. The number of ether oxygens (including phenoxy) is 2. The van der Waals surface area contributed by atoms with Gasteiger partial charge in [0.2, 0.25) is 0 Å². The third-order valence-corrected chi connectivity index (χ3v) is 2.04. The van der Waals surface area contributed by atoms with Crippen molar-refractivity contribution >= 4 is 6.09 Å². The van der Waals surface area contributed by atoms with Gasteiger partial charge in [0.1, 0.15) is 11.8 Å². The van der Waals surface area contributed by atoms with Crippen LogP contribution in [0.15, 0.2) is 0 Å². The van der Waals surface area contributed by atoms with Crippen molar-refractivity contribution in [2.75, 3.05) is 26.7 Å². The molecule has 1 aliphatic rings. The van der Waals surface area contributed by atoms with Crippen molar-refractivity contribution in [2.24, 2.45) is 0 Å². The average Bonchev–Trinajstić information content (AvgIpc) is 2.15. The summed E-state index contributed by atoms with van der Waals surface area (Å²) >= 11 is 0. The Hall–Kier alpha value is -0.810. The van der Waals surface area contributed by atoms with Gasteiger partial charge >= 0.3 is 6.09 Å². The first-order valence-electron chi connectivity index (χ1n) is 5.19. The van der Waals surface area contributed by atoms with Crippen molar-refractivity contribution in [1.82, 2.24) is 10.2 Å². The van der Waals surface area contributed by atoms with Gasteiger partial charge in [-0.05, 0) is 27.8 Å². The van der Waals surface area contributed by atoms with Crippen LogP contribution in [0.25, 0.3) is 0 Å². The standard InChI is InChI=1S/C10H20N2O3/c1-10(2,3)15-9(13)12-5-6-14-8(7-12)11-4/h8,11H,5-7H2,1-4H3. The summed E-state index contributed by atoms with van der Waals surface area (Å²) in [6.45, 7) is 7.26. The highest BCUT2D eigenvalue weighted by Crippen LogP contribution is 2.12. The van der Waals surface area contributed by atoms with Gasteiger partial charge in [0.05, 0.1) is 13.2 Å². The second-order valence-electron chi connectivity index (χ2n) is 4.57. The normalized spacial score (nSPS) is 22.7. The van der Waals surface area contributed by atoms with Crippen LogP contribution in [0.3, 0.4) is 0 Å². The molecule has 1 aliphatic heterocycles. The summed E-state index contributed by atoms with van der Waals surface area (Å²) < 4.78 is 10.7. The Labute approximate surface area is 90.7 Å². The first kappa shape index (κ1) is 12.3. The Balaban J connectivity index is 2.45. The van der Waals surface area contributed by atoms with E-state index in [2.05, 4.69) is 5.32 Å². The summed E-state index contributed by atoms with van der Waals surface area (Å²) in [5, 5.41) is 2.98. The van der Waals surface area contributed by atoms with Crippen LogP contribution in [0.5, 0.6) is 0 Å².